The van der Waals surface area contributed by atoms with Crippen LogP contribution in [0.3, 0.4) is 0 Å². The number of nitrogens with zero attached hydrogens (tertiary/aromatic N) is 2. The van der Waals surface area contributed by atoms with E-state index < -0.39 is 10.7 Å². The Bertz CT molecular complexity index is 682. The van der Waals surface area contributed by atoms with Crippen LogP contribution in [-0.4, -0.2) is 16.5 Å². The summed E-state index contributed by atoms with van der Waals surface area (Å²) in [7, 11) is 0. The van der Waals surface area contributed by atoms with Crippen LogP contribution < -0.4 is 10.1 Å². The molecule has 8 heteroatoms. The van der Waals surface area contributed by atoms with E-state index in [0.29, 0.717) is 16.8 Å². The van der Waals surface area contributed by atoms with Gasteiger partial charge in [0.15, 0.2) is 0 Å². The number of hydrogen-bond acceptors (Lipinski definition) is 5. The molecule has 0 unspecified atom stereocenters. The maximum absolute atomic E-state index is 13.4. The van der Waals surface area contributed by atoms with Gasteiger partial charge in [-0.05, 0) is 35.0 Å². The largest absolute Gasteiger partial charge is 0.439 e. The van der Waals surface area contributed by atoms with E-state index in [1.54, 1.807) is 0 Å². The first-order valence-corrected chi connectivity index (χ1v) is 6.82. The van der Waals surface area contributed by atoms with Crippen LogP contribution >= 0.6 is 15.9 Å². The van der Waals surface area contributed by atoms with Gasteiger partial charge in [0, 0.05) is 12.6 Å². The van der Waals surface area contributed by atoms with E-state index in [0.717, 1.165) is 6.07 Å². The molecule has 0 radical (unpaired) electrons. The maximum atomic E-state index is 13.4. The highest BCUT2D eigenvalue weighted by molar-refractivity contribution is 9.10. The molecule has 0 spiro atoms. The molecule has 1 aromatic heterocycles. The number of nitrogens with one attached hydrogen (secondary N) is 1. The predicted molar refractivity (Wildman–Crippen MR) is 79.2 cm³/mol. The quantitative estimate of drug-likeness (QED) is 0.644. The van der Waals surface area contributed by atoms with Crippen molar-refractivity contribution in [2.24, 2.45) is 0 Å². The molecule has 0 amide bonds. The molecule has 0 saturated heterocycles. The SMILES string of the molecule is CCNc1cc([N+](=O)[O-])cc(Oc2ccc(Br)c(F)c2)n1. The first-order valence-electron chi connectivity index (χ1n) is 6.03. The van der Waals surface area contributed by atoms with Gasteiger partial charge >= 0.3 is 0 Å². The number of anilines is 1. The van der Waals surface area contributed by atoms with Gasteiger partial charge < -0.3 is 10.1 Å². The van der Waals surface area contributed by atoms with Gasteiger partial charge in [-0.1, -0.05) is 0 Å². The molecular weight excluding hydrogens is 345 g/mol. The summed E-state index contributed by atoms with van der Waals surface area (Å²) in [5.74, 6) is 0.0390. The Morgan fingerprint density at radius 1 is 1.43 bits per heavy atom. The van der Waals surface area contributed by atoms with E-state index in [2.05, 4.69) is 26.2 Å². The highest BCUT2D eigenvalue weighted by atomic mass is 79.9. The average Bonchev–Trinajstić information content (AvgIpc) is 2.43. The molecule has 0 saturated carbocycles. The monoisotopic (exact) mass is 355 g/mol. The second kappa shape index (κ2) is 6.49. The van der Waals surface area contributed by atoms with Gasteiger partial charge in [-0.25, -0.2) is 4.39 Å². The second-order valence-electron chi connectivity index (χ2n) is 4.01. The van der Waals surface area contributed by atoms with Crippen molar-refractivity contribution in [3.05, 3.63) is 50.7 Å². The van der Waals surface area contributed by atoms with Gasteiger partial charge in [0.05, 0.1) is 21.5 Å². The van der Waals surface area contributed by atoms with Crippen molar-refractivity contribution in [2.45, 2.75) is 6.92 Å². The fourth-order valence-corrected chi connectivity index (χ4v) is 1.83. The smallest absolute Gasteiger partial charge is 0.278 e. The lowest BCUT2D eigenvalue weighted by Crippen LogP contribution is -2.02. The summed E-state index contributed by atoms with van der Waals surface area (Å²) in [6.07, 6.45) is 0. The maximum Gasteiger partial charge on any atom is 0.278 e. The molecule has 0 atom stereocenters. The normalized spacial score (nSPS) is 10.2. The Morgan fingerprint density at radius 3 is 2.81 bits per heavy atom. The number of nitro groups is 1. The van der Waals surface area contributed by atoms with Gasteiger partial charge in [0.1, 0.15) is 17.4 Å². The third-order valence-electron chi connectivity index (χ3n) is 2.47. The van der Waals surface area contributed by atoms with Crippen LogP contribution in [0.15, 0.2) is 34.8 Å². The molecule has 1 aromatic carbocycles. The second-order valence-corrected chi connectivity index (χ2v) is 4.87. The zero-order valence-corrected chi connectivity index (χ0v) is 12.6. The van der Waals surface area contributed by atoms with Crippen molar-refractivity contribution < 1.29 is 14.1 Å². The third kappa shape index (κ3) is 3.88. The predicted octanol–water partition coefficient (Wildman–Crippen LogP) is 4.12. The number of ether oxygens (including phenoxy) is 1. The fraction of sp³-hybridized carbons (Fsp3) is 0.154. The number of rotatable bonds is 5. The van der Waals surface area contributed by atoms with Crippen LogP contribution in [0, 0.1) is 15.9 Å². The molecule has 1 N–H and O–H groups in total. The highest BCUT2D eigenvalue weighted by Gasteiger charge is 2.13. The average molecular weight is 356 g/mol. The number of pyridine rings is 1. The van der Waals surface area contributed by atoms with E-state index in [1.165, 1.54) is 24.3 Å². The van der Waals surface area contributed by atoms with Crippen molar-refractivity contribution in [3.8, 4) is 11.6 Å². The summed E-state index contributed by atoms with van der Waals surface area (Å²) in [4.78, 5) is 14.4. The summed E-state index contributed by atoms with van der Waals surface area (Å²) < 4.78 is 19.1. The van der Waals surface area contributed by atoms with Gasteiger partial charge in [0.25, 0.3) is 5.69 Å². The van der Waals surface area contributed by atoms with E-state index in [1.807, 2.05) is 6.92 Å². The summed E-state index contributed by atoms with van der Waals surface area (Å²) in [5, 5.41) is 13.8. The molecule has 0 aliphatic heterocycles. The molecule has 0 aliphatic rings. The van der Waals surface area contributed by atoms with E-state index >= 15 is 0 Å². The molecule has 110 valence electrons. The first-order chi connectivity index (χ1) is 9.99. The van der Waals surface area contributed by atoms with Crippen molar-refractivity contribution in [3.63, 3.8) is 0 Å². The van der Waals surface area contributed by atoms with Crippen LogP contribution in [0.4, 0.5) is 15.9 Å². The van der Waals surface area contributed by atoms with Gasteiger partial charge in [-0.3, -0.25) is 10.1 Å². The molecule has 0 aliphatic carbocycles. The van der Waals surface area contributed by atoms with Crippen molar-refractivity contribution in [1.82, 2.24) is 4.98 Å². The standard InChI is InChI=1S/C13H11BrFN3O3/c1-2-16-12-5-8(18(19)20)6-13(17-12)21-9-3-4-10(14)11(15)7-9/h3-7H,2H2,1H3,(H,16,17). The zero-order chi connectivity index (χ0) is 15.4. The van der Waals surface area contributed by atoms with Gasteiger partial charge in [-0.15, -0.1) is 0 Å². The van der Waals surface area contributed by atoms with E-state index in [4.69, 9.17) is 4.74 Å². The fourth-order valence-electron chi connectivity index (χ4n) is 1.58. The number of benzene rings is 1. The summed E-state index contributed by atoms with van der Waals surface area (Å²) in [6.45, 7) is 2.39. The van der Waals surface area contributed by atoms with Crippen LogP contribution in [0.5, 0.6) is 11.6 Å². The van der Waals surface area contributed by atoms with Crippen LogP contribution in [-0.2, 0) is 0 Å². The number of halogens is 2. The Morgan fingerprint density at radius 2 is 2.19 bits per heavy atom. The third-order valence-corrected chi connectivity index (χ3v) is 3.11. The molecule has 2 aromatic rings. The van der Waals surface area contributed by atoms with Gasteiger partial charge in [0.2, 0.25) is 5.88 Å². The molecule has 0 fully saturated rings. The highest BCUT2D eigenvalue weighted by Crippen LogP contribution is 2.28. The lowest BCUT2D eigenvalue weighted by atomic mass is 10.3. The van der Waals surface area contributed by atoms with Crippen molar-refractivity contribution >= 4 is 27.4 Å². The summed E-state index contributed by atoms with van der Waals surface area (Å²) in [6, 6.07) is 6.66. The minimum atomic E-state index is -0.544. The topological polar surface area (TPSA) is 77.3 Å². The minimum absolute atomic E-state index is 0.0156. The molecule has 6 nitrogen and oxygen atoms in total. The molecule has 2 rings (SSSR count). The van der Waals surface area contributed by atoms with E-state index in [9.17, 15) is 14.5 Å². The van der Waals surface area contributed by atoms with Crippen LogP contribution in [0.2, 0.25) is 0 Å². The summed E-state index contributed by atoms with van der Waals surface area (Å²) in [5.41, 5.74) is -0.159. The first kappa shape index (κ1) is 15.2. The minimum Gasteiger partial charge on any atom is -0.439 e. The van der Waals surface area contributed by atoms with Crippen LogP contribution in [0.25, 0.3) is 0 Å². The zero-order valence-electron chi connectivity index (χ0n) is 11.0. The van der Waals surface area contributed by atoms with E-state index in [-0.39, 0.29) is 17.3 Å². The van der Waals surface area contributed by atoms with Gasteiger partial charge in [-0.2, -0.15) is 4.98 Å². The lowest BCUT2D eigenvalue weighted by Gasteiger charge is -2.08. The molecule has 1 heterocycles. The Kier molecular flexibility index (Phi) is 4.69. The molecule has 21 heavy (non-hydrogen) atoms. The summed E-state index contributed by atoms with van der Waals surface area (Å²) >= 11 is 3.03. The molecular formula is C13H11BrFN3O3. The Balaban J connectivity index is 2.33. The van der Waals surface area contributed by atoms with Crippen LogP contribution in [0.1, 0.15) is 6.92 Å². The number of aromatic nitrogens is 1. The Hall–Kier alpha value is -2.22. The molecule has 0 bridgehead atoms. The number of hydrogen-bond donors (Lipinski definition) is 1. The Labute approximate surface area is 128 Å². The lowest BCUT2D eigenvalue weighted by molar-refractivity contribution is -0.384. The van der Waals surface area contributed by atoms with Crippen molar-refractivity contribution in [2.75, 3.05) is 11.9 Å². The van der Waals surface area contributed by atoms with Crippen molar-refractivity contribution in [1.29, 1.82) is 0 Å².